The van der Waals surface area contributed by atoms with E-state index in [1.165, 1.54) is 25.5 Å². The lowest BCUT2D eigenvalue weighted by molar-refractivity contribution is 0.0679. The van der Waals surface area contributed by atoms with Gasteiger partial charge >= 0.3 is 0 Å². The van der Waals surface area contributed by atoms with Gasteiger partial charge in [0.2, 0.25) is 0 Å². The first-order valence-electron chi connectivity index (χ1n) is 6.07. The molecule has 1 aliphatic heterocycles. The lowest BCUT2D eigenvalue weighted by Gasteiger charge is -2.31. The van der Waals surface area contributed by atoms with Crippen LogP contribution < -0.4 is 0 Å². The number of fused-ring (bicyclic) bond motifs is 1. The second-order valence-electron chi connectivity index (χ2n) is 4.78. The zero-order chi connectivity index (χ0) is 11.0. The van der Waals surface area contributed by atoms with Crippen molar-refractivity contribution in [2.45, 2.75) is 38.1 Å². The first-order valence-corrected chi connectivity index (χ1v) is 6.07. The van der Waals surface area contributed by atoms with Gasteiger partial charge < -0.3 is 9.42 Å². The molecule has 3 rings (SSSR count). The maximum absolute atomic E-state index is 12.2. The summed E-state index contributed by atoms with van der Waals surface area (Å²) in [5.41, 5.74) is 0.450. The summed E-state index contributed by atoms with van der Waals surface area (Å²) in [4.78, 5) is 14.2. The van der Waals surface area contributed by atoms with Crippen molar-refractivity contribution in [3.05, 3.63) is 18.0 Å². The van der Waals surface area contributed by atoms with E-state index in [2.05, 4.69) is 5.16 Å². The molecule has 1 aromatic rings. The van der Waals surface area contributed by atoms with Crippen molar-refractivity contribution >= 4 is 5.91 Å². The van der Waals surface area contributed by atoms with Gasteiger partial charge in [-0.2, -0.15) is 0 Å². The molecule has 2 atom stereocenters. The van der Waals surface area contributed by atoms with Crippen molar-refractivity contribution in [3.8, 4) is 0 Å². The van der Waals surface area contributed by atoms with Gasteiger partial charge in [-0.05, 0) is 25.2 Å². The van der Waals surface area contributed by atoms with Crippen LogP contribution in [0.4, 0.5) is 0 Å². The highest BCUT2D eigenvalue weighted by atomic mass is 16.5. The number of nitrogens with zero attached hydrogens (tertiary/aromatic N) is 2. The molecule has 0 radical (unpaired) electrons. The van der Waals surface area contributed by atoms with E-state index in [9.17, 15) is 4.79 Å². The average molecular weight is 220 g/mol. The third-order valence-corrected chi connectivity index (χ3v) is 3.93. The minimum atomic E-state index is 0.0446. The largest absolute Gasteiger partial charge is 0.364 e. The van der Waals surface area contributed by atoms with Crippen LogP contribution in [0.1, 0.15) is 42.6 Å². The van der Waals surface area contributed by atoms with Gasteiger partial charge in [0.15, 0.2) is 5.69 Å². The van der Waals surface area contributed by atoms with E-state index < -0.39 is 0 Å². The van der Waals surface area contributed by atoms with Gasteiger partial charge in [-0.25, -0.2) is 0 Å². The van der Waals surface area contributed by atoms with Crippen LogP contribution in [-0.2, 0) is 0 Å². The van der Waals surface area contributed by atoms with Gasteiger partial charge in [0.25, 0.3) is 5.91 Å². The van der Waals surface area contributed by atoms with Crippen LogP contribution >= 0.6 is 0 Å². The molecule has 1 aromatic heterocycles. The van der Waals surface area contributed by atoms with E-state index in [1.54, 1.807) is 6.07 Å². The van der Waals surface area contributed by atoms with Gasteiger partial charge in [0, 0.05) is 18.7 Å². The topological polar surface area (TPSA) is 46.3 Å². The van der Waals surface area contributed by atoms with E-state index in [4.69, 9.17) is 4.52 Å². The molecule has 0 bridgehead atoms. The summed E-state index contributed by atoms with van der Waals surface area (Å²) < 4.78 is 4.73. The average Bonchev–Trinajstić information content (AvgIpc) is 2.98. The molecular formula is C12H16N2O2. The minimum Gasteiger partial charge on any atom is -0.364 e. The van der Waals surface area contributed by atoms with Crippen LogP contribution in [0, 0.1) is 5.92 Å². The molecule has 1 aliphatic carbocycles. The fourth-order valence-corrected chi connectivity index (χ4v) is 3.13. The van der Waals surface area contributed by atoms with Crippen molar-refractivity contribution in [1.82, 2.24) is 10.1 Å². The fraction of sp³-hybridized carbons (Fsp3) is 0.667. The number of aromatic nitrogens is 1. The van der Waals surface area contributed by atoms with Gasteiger partial charge in [-0.1, -0.05) is 18.0 Å². The van der Waals surface area contributed by atoms with Crippen molar-refractivity contribution in [2.75, 3.05) is 6.54 Å². The van der Waals surface area contributed by atoms with Crippen molar-refractivity contribution in [1.29, 1.82) is 0 Å². The first kappa shape index (κ1) is 9.87. The highest BCUT2D eigenvalue weighted by Crippen LogP contribution is 2.36. The summed E-state index contributed by atoms with van der Waals surface area (Å²) in [6.07, 6.45) is 7.65. The van der Waals surface area contributed by atoms with E-state index in [0.29, 0.717) is 11.7 Å². The Bertz CT molecular complexity index is 374. The Labute approximate surface area is 94.6 Å². The minimum absolute atomic E-state index is 0.0446. The van der Waals surface area contributed by atoms with Crippen molar-refractivity contribution < 1.29 is 9.32 Å². The zero-order valence-electron chi connectivity index (χ0n) is 9.26. The standard InChI is InChI=1S/C12H16N2O2/c15-12(10-6-8-16-13-10)14-7-5-9-3-1-2-4-11(9)14/h6,8-9,11H,1-5,7H2. The highest BCUT2D eigenvalue weighted by molar-refractivity contribution is 5.92. The highest BCUT2D eigenvalue weighted by Gasteiger charge is 2.38. The number of hydrogen-bond donors (Lipinski definition) is 0. The molecule has 4 heteroatoms. The van der Waals surface area contributed by atoms with Crippen LogP contribution in [0.2, 0.25) is 0 Å². The maximum Gasteiger partial charge on any atom is 0.276 e. The Balaban J connectivity index is 1.78. The number of amides is 1. The van der Waals surface area contributed by atoms with Crippen molar-refractivity contribution in [3.63, 3.8) is 0 Å². The number of carbonyl (C=O) groups is 1. The zero-order valence-corrected chi connectivity index (χ0v) is 9.26. The summed E-state index contributed by atoms with van der Waals surface area (Å²) in [6, 6.07) is 2.11. The van der Waals surface area contributed by atoms with Crippen LogP contribution in [0.5, 0.6) is 0 Å². The molecular weight excluding hydrogens is 204 g/mol. The summed E-state index contributed by atoms with van der Waals surface area (Å²) in [6.45, 7) is 0.890. The van der Waals surface area contributed by atoms with E-state index in [0.717, 1.165) is 25.3 Å². The summed E-state index contributed by atoms with van der Waals surface area (Å²) in [5.74, 6) is 0.771. The lowest BCUT2D eigenvalue weighted by atomic mass is 9.85. The van der Waals surface area contributed by atoms with Crippen molar-refractivity contribution in [2.24, 2.45) is 5.92 Å². The quantitative estimate of drug-likeness (QED) is 0.728. The Morgan fingerprint density at radius 3 is 3.06 bits per heavy atom. The second kappa shape index (κ2) is 3.92. The van der Waals surface area contributed by atoms with Crippen LogP contribution in [0.25, 0.3) is 0 Å². The van der Waals surface area contributed by atoms with E-state index >= 15 is 0 Å². The molecule has 4 nitrogen and oxygen atoms in total. The summed E-state index contributed by atoms with van der Waals surface area (Å²) in [7, 11) is 0. The molecule has 1 amide bonds. The SMILES string of the molecule is O=C(c1ccon1)N1CCC2CCCCC21. The van der Waals surface area contributed by atoms with Crippen LogP contribution in [-0.4, -0.2) is 28.6 Å². The number of carbonyl (C=O) groups excluding carboxylic acids is 1. The molecule has 1 saturated carbocycles. The molecule has 2 fully saturated rings. The molecule has 1 saturated heterocycles. The van der Waals surface area contributed by atoms with Gasteiger partial charge in [-0.15, -0.1) is 0 Å². The Morgan fingerprint density at radius 2 is 2.25 bits per heavy atom. The predicted molar refractivity (Wildman–Crippen MR) is 57.9 cm³/mol. The maximum atomic E-state index is 12.2. The number of rotatable bonds is 1. The van der Waals surface area contributed by atoms with E-state index in [1.807, 2.05) is 4.90 Å². The van der Waals surface area contributed by atoms with Gasteiger partial charge in [0.1, 0.15) is 6.26 Å². The molecule has 2 aliphatic rings. The third kappa shape index (κ3) is 1.52. The van der Waals surface area contributed by atoms with Gasteiger partial charge in [-0.3, -0.25) is 4.79 Å². The molecule has 86 valence electrons. The lowest BCUT2D eigenvalue weighted by Crippen LogP contribution is -2.39. The second-order valence-corrected chi connectivity index (χ2v) is 4.78. The molecule has 0 N–H and O–H groups in total. The van der Waals surface area contributed by atoms with Crippen LogP contribution in [0.15, 0.2) is 16.9 Å². The molecule has 16 heavy (non-hydrogen) atoms. The molecule has 0 aromatic carbocycles. The first-order chi connectivity index (χ1) is 7.86. The monoisotopic (exact) mass is 220 g/mol. The fourth-order valence-electron chi connectivity index (χ4n) is 3.13. The molecule has 0 spiro atoms. The van der Waals surface area contributed by atoms with Gasteiger partial charge in [0.05, 0.1) is 0 Å². The smallest absolute Gasteiger partial charge is 0.276 e. The third-order valence-electron chi connectivity index (χ3n) is 3.93. The predicted octanol–water partition coefficient (Wildman–Crippen LogP) is 2.08. The summed E-state index contributed by atoms with van der Waals surface area (Å²) >= 11 is 0. The Kier molecular flexibility index (Phi) is 2.42. The Morgan fingerprint density at radius 1 is 1.38 bits per heavy atom. The van der Waals surface area contributed by atoms with Crippen LogP contribution in [0.3, 0.4) is 0 Å². The molecule has 2 unspecified atom stereocenters. The van der Waals surface area contributed by atoms with E-state index in [-0.39, 0.29) is 5.91 Å². The molecule has 2 heterocycles. The normalized spacial score (nSPS) is 29.1. The summed E-state index contributed by atoms with van der Waals surface area (Å²) in [5, 5.41) is 3.73. The Hall–Kier alpha value is -1.32. The number of likely N-dealkylation sites (tertiary alicyclic amines) is 1. The number of hydrogen-bond acceptors (Lipinski definition) is 3.